The molecule has 5 nitrogen and oxygen atoms in total. The summed E-state index contributed by atoms with van der Waals surface area (Å²) in [5, 5.41) is 12.2. The second-order valence-corrected chi connectivity index (χ2v) is 5.45. The molecule has 1 aromatic carbocycles. The van der Waals surface area contributed by atoms with Gasteiger partial charge in [-0.2, -0.15) is 0 Å². The van der Waals surface area contributed by atoms with Crippen LogP contribution in [0.15, 0.2) is 24.3 Å². The third-order valence-electron chi connectivity index (χ3n) is 3.43. The van der Waals surface area contributed by atoms with Gasteiger partial charge in [0, 0.05) is 12.6 Å². The summed E-state index contributed by atoms with van der Waals surface area (Å²) < 4.78 is 0. The number of carbonyl (C=O) groups is 2. The van der Waals surface area contributed by atoms with E-state index in [1.165, 1.54) is 0 Å². The van der Waals surface area contributed by atoms with Crippen LogP contribution in [0.3, 0.4) is 0 Å². The molecule has 1 aliphatic heterocycles. The fraction of sp³-hybridized carbons (Fsp3) is 0.467. The lowest BCUT2D eigenvalue weighted by atomic mass is 9.94. The molecule has 1 atom stereocenters. The van der Waals surface area contributed by atoms with Crippen molar-refractivity contribution in [2.75, 3.05) is 6.54 Å². The minimum absolute atomic E-state index is 0.0582. The number of nitrogens with one attached hydrogen (secondary N) is 1. The highest BCUT2D eigenvalue weighted by atomic mass is 16.4. The minimum Gasteiger partial charge on any atom is -0.480 e. The van der Waals surface area contributed by atoms with Gasteiger partial charge in [-0.25, -0.2) is 0 Å². The fourth-order valence-electron chi connectivity index (χ4n) is 2.54. The first-order valence-electron chi connectivity index (χ1n) is 6.80. The van der Waals surface area contributed by atoms with Crippen molar-refractivity contribution in [3.63, 3.8) is 0 Å². The SMILES string of the molecule is CC(C)NC(=O)CN1Cc2ccccc2C[C@H]1C(=O)O. The van der Waals surface area contributed by atoms with E-state index < -0.39 is 12.0 Å². The average molecular weight is 276 g/mol. The molecule has 0 spiro atoms. The van der Waals surface area contributed by atoms with E-state index >= 15 is 0 Å². The Labute approximate surface area is 118 Å². The molecule has 108 valence electrons. The predicted molar refractivity (Wildman–Crippen MR) is 75.3 cm³/mol. The number of hydrogen-bond donors (Lipinski definition) is 2. The van der Waals surface area contributed by atoms with Crippen LogP contribution in [0.25, 0.3) is 0 Å². The molecule has 20 heavy (non-hydrogen) atoms. The summed E-state index contributed by atoms with van der Waals surface area (Å²) in [5.74, 6) is -1.01. The van der Waals surface area contributed by atoms with Crippen molar-refractivity contribution in [1.29, 1.82) is 0 Å². The van der Waals surface area contributed by atoms with Crippen molar-refractivity contribution in [3.8, 4) is 0 Å². The molecule has 0 saturated heterocycles. The molecule has 2 N–H and O–H groups in total. The zero-order valence-electron chi connectivity index (χ0n) is 11.8. The highest BCUT2D eigenvalue weighted by Gasteiger charge is 2.32. The highest BCUT2D eigenvalue weighted by Crippen LogP contribution is 2.23. The van der Waals surface area contributed by atoms with Crippen LogP contribution in [-0.4, -0.2) is 40.5 Å². The molecule has 1 amide bonds. The van der Waals surface area contributed by atoms with Gasteiger partial charge in [0.2, 0.25) is 5.91 Å². The van der Waals surface area contributed by atoms with E-state index in [1.54, 1.807) is 4.90 Å². The summed E-state index contributed by atoms with van der Waals surface area (Å²) in [4.78, 5) is 25.0. The van der Waals surface area contributed by atoms with Crippen LogP contribution in [0, 0.1) is 0 Å². The number of fused-ring (bicyclic) bond motifs is 1. The first kappa shape index (κ1) is 14.5. The van der Waals surface area contributed by atoms with Crippen LogP contribution in [0.2, 0.25) is 0 Å². The lowest BCUT2D eigenvalue weighted by Crippen LogP contribution is -2.50. The quantitative estimate of drug-likeness (QED) is 0.861. The molecule has 0 aliphatic carbocycles. The van der Waals surface area contributed by atoms with Gasteiger partial charge in [0.15, 0.2) is 0 Å². The van der Waals surface area contributed by atoms with E-state index in [2.05, 4.69) is 5.32 Å². The summed E-state index contributed by atoms with van der Waals surface area (Å²) in [7, 11) is 0. The topological polar surface area (TPSA) is 69.6 Å². The van der Waals surface area contributed by atoms with Gasteiger partial charge >= 0.3 is 5.97 Å². The number of aliphatic carboxylic acids is 1. The molecular weight excluding hydrogens is 256 g/mol. The van der Waals surface area contributed by atoms with E-state index in [4.69, 9.17) is 0 Å². The van der Waals surface area contributed by atoms with Gasteiger partial charge in [0.1, 0.15) is 6.04 Å². The van der Waals surface area contributed by atoms with Gasteiger partial charge in [-0.15, -0.1) is 0 Å². The Kier molecular flexibility index (Phi) is 4.39. The van der Waals surface area contributed by atoms with Crippen LogP contribution in [0.1, 0.15) is 25.0 Å². The Morgan fingerprint density at radius 1 is 1.35 bits per heavy atom. The Balaban J connectivity index is 2.14. The van der Waals surface area contributed by atoms with Crippen molar-refractivity contribution < 1.29 is 14.7 Å². The molecule has 1 aromatic rings. The van der Waals surface area contributed by atoms with Crippen LogP contribution in [0.4, 0.5) is 0 Å². The predicted octanol–water partition coefficient (Wildman–Crippen LogP) is 1.02. The van der Waals surface area contributed by atoms with Crippen LogP contribution < -0.4 is 5.32 Å². The monoisotopic (exact) mass is 276 g/mol. The van der Waals surface area contributed by atoms with Gasteiger partial charge in [-0.05, 0) is 31.4 Å². The van der Waals surface area contributed by atoms with Gasteiger partial charge in [0.25, 0.3) is 0 Å². The Bertz CT molecular complexity index is 514. The van der Waals surface area contributed by atoms with Crippen molar-refractivity contribution in [3.05, 3.63) is 35.4 Å². The number of carboxylic acid groups (broad SMARTS) is 1. The molecule has 0 fully saturated rings. The second-order valence-electron chi connectivity index (χ2n) is 5.45. The molecule has 5 heteroatoms. The third kappa shape index (κ3) is 3.36. The van der Waals surface area contributed by atoms with Gasteiger partial charge in [-0.3, -0.25) is 14.5 Å². The van der Waals surface area contributed by atoms with Crippen LogP contribution in [-0.2, 0) is 22.6 Å². The molecule has 0 bridgehead atoms. The zero-order chi connectivity index (χ0) is 14.7. The van der Waals surface area contributed by atoms with Gasteiger partial charge in [0.05, 0.1) is 6.54 Å². The van der Waals surface area contributed by atoms with Crippen LogP contribution >= 0.6 is 0 Å². The first-order valence-corrected chi connectivity index (χ1v) is 6.80. The zero-order valence-corrected chi connectivity index (χ0v) is 11.8. The largest absolute Gasteiger partial charge is 0.480 e. The average Bonchev–Trinajstić information content (AvgIpc) is 2.36. The Morgan fingerprint density at radius 3 is 2.60 bits per heavy atom. The lowest BCUT2D eigenvalue weighted by molar-refractivity contribution is -0.144. The van der Waals surface area contributed by atoms with E-state index in [9.17, 15) is 14.7 Å². The number of carbonyl (C=O) groups excluding carboxylic acids is 1. The normalized spacial score (nSPS) is 18.6. The molecule has 0 radical (unpaired) electrons. The van der Waals surface area contributed by atoms with E-state index in [1.807, 2.05) is 38.1 Å². The number of amides is 1. The number of nitrogens with zero attached hydrogens (tertiary/aromatic N) is 1. The molecular formula is C15H20N2O3. The van der Waals surface area contributed by atoms with Crippen molar-refractivity contribution in [2.45, 2.75) is 38.9 Å². The third-order valence-corrected chi connectivity index (χ3v) is 3.43. The van der Waals surface area contributed by atoms with Crippen molar-refractivity contribution in [2.24, 2.45) is 0 Å². The number of benzene rings is 1. The maximum Gasteiger partial charge on any atom is 0.321 e. The fourth-order valence-corrected chi connectivity index (χ4v) is 2.54. The molecule has 0 saturated carbocycles. The molecule has 0 aromatic heterocycles. The number of carboxylic acids is 1. The second kappa shape index (κ2) is 6.05. The maximum absolute atomic E-state index is 11.9. The molecule has 2 rings (SSSR count). The minimum atomic E-state index is -0.878. The molecule has 0 unspecified atom stereocenters. The smallest absolute Gasteiger partial charge is 0.321 e. The van der Waals surface area contributed by atoms with E-state index in [-0.39, 0.29) is 18.5 Å². The number of rotatable bonds is 4. The van der Waals surface area contributed by atoms with E-state index in [0.717, 1.165) is 11.1 Å². The Hall–Kier alpha value is -1.88. The standard InChI is InChI=1S/C15H20N2O3/c1-10(2)16-14(18)9-17-8-12-6-4-3-5-11(12)7-13(17)15(19)20/h3-6,10,13H,7-9H2,1-2H3,(H,16,18)(H,19,20)/t13-/m0/s1. The van der Waals surface area contributed by atoms with Crippen LogP contribution in [0.5, 0.6) is 0 Å². The molecule has 1 heterocycles. The summed E-state index contributed by atoms with van der Waals surface area (Å²) in [6, 6.07) is 7.22. The Morgan fingerprint density at radius 2 is 2.00 bits per heavy atom. The highest BCUT2D eigenvalue weighted by molar-refractivity contribution is 5.80. The van der Waals surface area contributed by atoms with Gasteiger partial charge in [-0.1, -0.05) is 24.3 Å². The summed E-state index contributed by atoms with van der Waals surface area (Å²) in [6.07, 6.45) is 0.445. The summed E-state index contributed by atoms with van der Waals surface area (Å²) >= 11 is 0. The van der Waals surface area contributed by atoms with E-state index in [0.29, 0.717) is 13.0 Å². The summed E-state index contributed by atoms with van der Waals surface area (Å²) in [5.41, 5.74) is 2.16. The molecule has 1 aliphatic rings. The maximum atomic E-state index is 11.9. The number of hydrogen-bond acceptors (Lipinski definition) is 3. The van der Waals surface area contributed by atoms with Crippen molar-refractivity contribution >= 4 is 11.9 Å². The van der Waals surface area contributed by atoms with Crippen molar-refractivity contribution in [1.82, 2.24) is 10.2 Å². The summed E-state index contributed by atoms with van der Waals surface area (Å²) in [6.45, 7) is 4.39. The van der Waals surface area contributed by atoms with Gasteiger partial charge < -0.3 is 10.4 Å². The lowest BCUT2D eigenvalue weighted by Gasteiger charge is -2.34. The first-order chi connectivity index (χ1) is 9.47.